The highest BCUT2D eigenvalue weighted by atomic mass is 32.1. The molecule has 2 atom stereocenters. The molecule has 1 aromatic rings. The second-order valence-corrected chi connectivity index (χ2v) is 5.21. The first kappa shape index (κ1) is 9.71. The van der Waals surface area contributed by atoms with E-state index in [-0.39, 0.29) is 6.04 Å². The minimum atomic E-state index is -0.809. The first-order valence-electron chi connectivity index (χ1n) is 5.12. The number of fused-ring (bicyclic) bond motifs is 2. The number of aromatic nitrogens is 1. The Labute approximate surface area is 96.3 Å². The van der Waals surface area contributed by atoms with Crippen LogP contribution in [0.1, 0.15) is 6.42 Å². The van der Waals surface area contributed by atoms with Gasteiger partial charge in [0, 0.05) is 19.1 Å². The van der Waals surface area contributed by atoms with Gasteiger partial charge in [0.15, 0.2) is 5.13 Å². The molecule has 0 unspecified atom stereocenters. The van der Waals surface area contributed by atoms with Crippen molar-refractivity contribution in [3.8, 4) is 0 Å². The first-order valence-corrected chi connectivity index (χ1v) is 5.94. The lowest BCUT2D eigenvalue weighted by Gasteiger charge is -2.32. The third-order valence-electron chi connectivity index (χ3n) is 3.28. The number of nitrogens with zero attached hydrogens (tertiary/aromatic N) is 3. The average molecular weight is 240 g/mol. The van der Waals surface area contributed by atoms with Crippen LogP contribution in [-0.4, -0.2) is 46.3 Å². The molecule has 1 aromatic heterocycles. The molecule has 6 nitrogen and oxygen atoms in total. The van der Waals surface area contributed by atoms with Crippen LogP contribution in [0.15, 0.2) is 6.20 Å². The molecule has 2 aliphatic rings. The molecule has 1 amide bonds. The van der Waals surface area contributed by atoms with E-state index >= 15 is 0 Å². The van der Waals surface area contributed by atoms with Gasteiger partial charge in [0.2, 0.25) is 0 Å². The fourth-order valence-electron chi connectivity index (χ4n) is 2.58. The number of nitrogens with two attached hydrogens (primary N) is 1. The van der Waals surface area contributed by atoms with Gasteiger partial charge in [-0.25, -0.2) is 9.78 Å². The van der Waals surface area contributed by atoms with Gasteiger partial charge in [0.05, 0.1) is 12.2 Å². The molecule has 3 rings (SSSR count). The van der Waals surface area contributed by atoms with E-state index < -0.39 is 6.09 Å². The molecule has 7 heteroatoms. The zero-order valence-corrected chi connectivity index (χ0v) is 9.35. The van der Waals surface area contributed by atoms with Gasteiger partial charge >= 0.3 is 6.09 Å². The van der Waals surface area contributed by atoms with Gasteiger partial charge in [-0.1, -0.05) is 11.3 Å². The van der Waals surface area contributed by atoms with E-state index in [1.165, 1.54) is 16.2 Å². The fourth-order valence-corrected chi connectivity index (χ4v) is 3.35. The number of hydrogen-bond donors (Lipinski definition) is 2. The van der Waals surface area contributed by atoms with E-state index in [9.17, 15) is 4.79 Å². The second kappa shape index (κ2) is 3.24. The Kier molecular flexibility index (Phi) is 1.97. The molecule has 0 radical (unpaired) electrons. The Morgan fingerprint density at radius 2 is 2.38 bits per heavy atom. The van der Waals surface area contributed by atoms with Crippen LogP contribution in [-0.2, 0) is 0 Å². The van der Waals surface area contributed by atoms with E-state index in [1.807, 2.05) is 0 Å². The van der Waals surface area contributed by atoms with Crippen LogP contribution in [0.4, 0.5) is 14.9 Å². The number of hydrogen-bond acceptors (Lipinski definition) is 5. The minimum absolute atomic E-state index is 0.130. The standard InChI is InChI=1S/C9H12N4O2S/c10-8-11-2-7(16-8)12-3-6-1-5(12)4-13(6)9(14)15/h2,5-6H,1,3-4H2,(H2,10,11)(H,14,15)/t5-,6-/m0/s1. The van der Waals surface area contributed by atoms with E-state index in [1.54, 1.807) is 6.20 Å². The molecule has 0 aliphatic carbocycles. The van der Waals surface area contributed by atoms with Crippen molar-refractivity contribution in [1.29, 1.82) is 0 Å². The van der Waals surface area contributed by atoms with Gasteiger partial charge in [-0.2, -0.15) is 0 Å². The number of carbonyl (C=O) groups is 1. The van der Waals surface area contributed by atoms with E-state index in [0.717, 1.165) is 18.0 Å². The topological polar surface area (TPSA) is 82.7 Å². The summed E-state index contributed by atoms with van der Waals surface area (Å²) in [5.41, 5.74) is 5.60. The fraction of sp³-hybridized carbons (Fsp3) is 0.556. The highest BCUT2D eigenvalue weighted by molar-refractivity contribution is 7.19. The van der Waals surface area contributed by atoms with Crippen molar-refractivity contribution in [3.63, 3.8) is 0 Å². The van der Waals surface area contributed by atoms with Gasteiger partial charge in [-0.15, -0.1) is 0 Å². The number of thiazole rings is 1. The van der Waals surface area contributed by atoms with Crippen LogP contribution in [0.25, 0.3) is 0 Å². The summed E-state index contributed by atoms with van der Waals surface area (Å²) in [6, 6.07) is 0.423. The van der Waals surface area contributed by atoms with Crippen molar-refractivity contribution in [1.82, 2.24) is 9.88 Å². The Bertz CT molecular complexity index is 435. The Balaban J connectivity index is 1.78. The number of rotatable bonds is 1. The predicted molar refractivity (Wildman–Crippen MR) is 60.8 cm³/mol. The third kappa shape index (κ3) is 1.31. The molecule has 3 N–H and O–H groups in total. The minimum Gasteiger partial charge on any atom is -0.465 e. The van der Waals surface area contributed by atoms with E-state index in [4.69, 9.17) is 10.8 Å². The highest BCUT2D eigenvalue weighted by Crippen LogP contribution is 2.37. The van der Waals surface area contributed by atoms with Gasteiger partial charge in [-0.3, -0.25) is 0 Å². The molecule has 86 valence electrons. The highest BCUT2D eigenvalue weighted by Gasteiger charge is 2.45. The van der Waals surface area contributed by atoms with Crippen molar-refractivity contribution in [2.75, 3.05) is 23.7 Å². The summed E-state index contributed by atoms with van der Waals surface area (Å²) in [6.45, 7) is 1.36. The van der Waals surface area contributed by atoms with Crippen molar-refractivity contribution in [2.45, 2.75) is 18.5 Å². The zero-order chi connectivity index (χ0) is 11.3. The SMILES string of the molecule is Nc1ncc(N2C[C@@H]3C[C@H]2CN3C(=O)O)s1. The molecule has 16 heavy (non-hydrogen) atoms. The average Bonchev–Trinajstić information content (AvgIpc) is 2.89. The molecule has 0 saturated carbocycles. The summed E-state index contributed by atoms with van der Waals surface area (Å²) in [4.78, 5) is 18.7. The van der Waals surface area contributed by atoms with Crippen molar-refractivity contribution in [2.24, 2.45) is 0 Å². The van der Waals surface area contributed by atoms with Crippen LogP contribution in [0.2, 0.25) is 0 Å². The van der Waals surface area contributed by atoms with Gasteiger partial charge in [-0.05, 0) is 6.42 Å². The Hall–Kier alpha value is -1.50. The number of carboxylic acid groups (broad SMARTS) is 1. The second-order valence-electron chi connectivity index (χ2n) is 4.17. The maximum absolute atomic E-state index is 10.9. The summed E-state index contributed by atoms with van der Waals surface area (Å²) in [7, 11) is 0. The van der Waals surface area contributed by atoms with Crippen molar-refractivity contribution < 1.29 is 9.90 Å². The molecule has 2 bridgehead atoms. The number of amides is 1. The molecule has 2 fully saturated rings. The predicted octanol–water partition coefficient (Wildman–Crippen LogP) is 0.666. The molecular formula is C9H12N4O2S. The van der Waals surface area contributed by atoms with Crippen molar-refractivity contribution >= 4 is 27.6 Å². The van der Waals surface area contributed by atoms with Crippen LogP contribution < -0.4 is 10.6 Å². The summed E-state index contributed by atoms with van der Waals surface area (Å²) in [5.74, 6) is 0. The lowest BCUT2D eigenvalue weighted by molar-refractivity contribution is 0.137. The van der Waals surface area contributed by atoms with Crippen LogP contribution in [0.3, 0.4) is 0 Å². The lowest BCUT2D eigenvalue weighted by Crippen LogP contribution is -2.48. The third-order valence-corrected chi connectivity index (χ3v) is 4.14. The van der Waals surface area contributed by atoms with Crippen LogP contribution in [0, 0.1) is 0 Å². The number of likely N-dealkylation sites (tertiary alicyclic amines) is 1. The quantitative estimate of drug-likeness (QED) is 0.753. The Morgan fingerprint density at radius 3 is 2.88 bits per heavy atom. The maximum Gasteiger partial charge on any atom is 0.407 e. The number of nitrogen functional groups attached to an aromatic ring is 1. The van der Waals surface area contributed by atoms with Crippen LogP contribution in [0.5, 0.6) is 0 Å². The summed E-state index contributed by atoms with van der Waals surface area (Å²) >= 11 is 1.46. The largest absolute Gasteiger partial charge is 0.465 e. The number of piperazine rings is 1. The van der Waals surface area contributed by atoms with Gasteiger partial charge < -0.3 is 20.6 Å². The Morgan fingerprint density at radius 1 is 1.56 bits per heavy atom. The molecule has 3 heterocycles. The zero-order valence-electron chi connectivity index (χ0n) is 8.54. The van der Waals surface area contributed by atoms with Gasteiger partial charge in [0.1, 0.15) is 5.00 Å². The molecular weight excluding hydrogens is 228 g/mol. The van der Waals surface area contributed by atoms with Crippen molar-refractivity contribution in [3.05, 3.63) is 6.20 Å². The van der Waals surface area contributed by atoms with E-state index in [0.29, 0.717) is 17.7 Å². The normalized spacial score (nSPS) is 27.8. The summed E-state index contributed by atoms with van der Waals surface area (Å²) in [5, 5.41) is 10.6. The monoisotopic (exact) mass is 240 g/mol. The molecule has 0 spiro atoms. The first-order chi connectivity index (χ1) is 7.65. The molecule has 2 aliphatic heterocycles. The number of anilines is 2. The summed E-state index contributed by atoms with van der Waals surface area (Å²) in [6.07, 6.45) is 1.88. The summed E-state index contributed by atoms with van der Waals surface area (Å²) < 4.78 is 0. The smallest absolute Gasteiger partial charge is 0.407 e. The van der Waals surface area contributed by atoms with E-state index in [2.05, 4.69) is 9.88 Å². The van der Waals surface area contributed by atoms with Gasteiger partial charge in [0.25, 0.3) is 0 Å². The van der Waals surface area contributed by atoms with Crippen LogP contribution >= 0.6 is 11.3 Å². The molecule has 0 aromatic carbocycles. The lowest BCUT2D eigenvalue weighted by atomic mass is 10.2. The maximum atomic E-state index is 10.9. The molecule has 2 saturated heterocycles.